The maximum atomic E-state index is 14.1. The highest BCUT2D eigenvalue weighted by Gasteiger charge is 2.16. The monoisotopic (exact) mass is 417 g/mol. The topological polar surface area (TPSA) is 46.9 Å². The van der Waals surface area contributed by atoms with E-state index in [4.69, 9.17) is 23.2 Å². The van der Waals surface area contributed by atoms with E-state index in [1.807, 2.05) is 25.1 Å². The molecule has 0 unspecified atom stereocenters. The van der Waals surface area contributed by atoms with E-state index in [1.54, 1.807) is 35.9 Å². The highest BCUT2D eigenvalue weighted by molar-refractivity contribution is 6.32. The molecule has 3 aromatic rings. The summed E-state index contributed by atoms with van der Waals surface area (Å²) in [5, 5.41) is 8.13. The summed E-state index contributed by atoms with van der Waals surface area (Å²) in [4.78, 5) is 12.3. The molecule has 7 heteroatoms. The number of aromatic nitrogens is 2. The number of carbonyl (C=O) groups excluding carboxylic acids is 1. The van der Waals surface area contributed by atoms with Gasteiger partial charge in [0.05, 0.1) is 23.6 Å². The van der Waals surface area contributed by atoms with E-state index in [9.17, 15) is 9.18 Å². The van der Waals surface area contributed by atoms with Crippen LogP contribution >= 0.6 is 23.2 Å². The van der Waals surface area contributed by atoms with Crippen molar-refractivity contribution in [3.8, 4) is 0 Å². The van der Waals surface area contributed by atoms with Gasteiger partial charge >= 0.3 is 0 Å². The third-order valence-electron chi connectivity index (χ3n) is 4.32. The molecule has 0 aliphatic heterocycles. The van der Waals surface area contributed by atoms with Gasteiger partial charge in [-0.05, 0) is 43.7 Å². The number of nitrogens with one attached hydrogen (secondary N) is 1. The first kappa shape index (κ1) is 20.1. The lowest BCUT2D eigenvalue weighted by Crippen LogP contribution is -2.10. The molecule has 28 heavy (non-hydrogen) atoms. The highest BCUT2D eigenvalue weighted by Crippen LogP contribution is 2.24. The van der Waals surface area contributed by atoms with Crippen LogP contribution in [0.4, 0.5) is 10.1 Å². The summed E-state index contributed by atoms with van der Waals surface area (Å²) in [6.45, 7) is 3.76. The van der Waals surface area contributed by atoms with Gasteiger partial charge in [-0.1, -0.05) is 47.5 Å². The fourth-order valence-corrected chi connectivity index (χ4v) is 3.23. The minimum atomic E-state index is -0.395. The third kappa shape index (κ3) is 4.43. The lowest BCUT2D eigenvalue weighted by molar-refractivity contribution is -0.111. The van der Waals surface area contributed by atoms with Gasteiger partial charge in [-0.2, -0.15) is 5.10 Å². The smallest absolute Gasteiger partial charge is 0.248 e. The van der Waals surface area contributed by atoms with Gasteiger partial charge in [-0.3, -0.25) is 9.48 Å². The molecule has 4 nitrogen and oxygen atoms in total. The van der Waals surface area contributed by atoms with Crippen molar-refractivity contribution in [1.82, 2.24) is 9.78 Å². The van der Waals surface area contributed by atoms with Crippen LogP contribution in [0.1, 0.15) is 22.5 Å². The van der Waals surface area contributed by atoms with Crippen LogP contribution in [0, 0.1) is 19.7 Å². The Morgan fingerprint density at radius 1 is 1.14 bits per heavy atom. The SMILES string of the molecule is Cc1nn(Cc2c(F)cccc2Cl)c(C)c1NC(=O)/C=C/c1ccccc1Cl. The second-order valence-corrected chi connectivity index (χ2v) is 7.06. The largest absolute Gasteiger partial charge is 0.319 e. The number of anilines is 1. The predicted octanol–water partition coefficient (Wildman–Crippen LogP) is 5.65. The first-order valence-corrected chi connectivity index (χ1v) is 9.33. The van der Waals surface area contributed by atoms with E-state index in [0.29, 0.717) is 32.7 Å². The van der Waals surface area contributed by atoms with Crippen molar-refractivity contribution in [3.05, 3.63) is 86.9 Å². The Hall–Kier alpha value is -2.63. The molecule has 0 spiro atoms. The van der Waals surface area contributed by atoms with E-state index >= 15 is 0 Å². The van der Waals surface area contributed by atoms with Gasteiger partial charge in [0, 0.05) is 21.7 Å². The van der Waals surface area contributed by atoms with E-state index in [0.717, 1.165) is 5.56 Å². The molecule has 0 fully saturated rings. The van der Waals surface area contributed by atoms with Gasteiger partial charge in [-0.25, -0.2) is 4.39 Å². The van der Waals surface area contributed by atoms with Crippen molar-refractivity contribution in [2.75, 3.05) is 5.32 Å². The third-order valence-corrected chi connectivity index (χ3v) is 5.02. The first-order chi connectivity index (χ1) is 13.4. The van der Waals surface area contributed by atoms with Crippen molar-refractivity contribution in [3.63, 3.8) is 0 Å². The minimum absolute atomic E-state index is 0.170. The van der Waals surface area contributed by atoms with Gasteiger partial charge in [0.25, 0.3) is 0 Å². The van der Waals surface area contributed by atoms with Crippen molar-refractivity contribution in [2.45, 2.75) is 20.4 Å². The number of benzene rings is 2. The lowest BCUT2D eigenvalue weighted by atomic mass is 10.2. The second kappa shape index (κ2) is 8.59. The van der Waals surface area contributed by atoms with Crippen LogP contribution in [-0.4, -0.2) is 15.7 Å². The number of carbonyl (C=O) groups is 1. The molecule has 1 N–H and O–H groups in total. The molecule has 0 aliphatic rings. The normalized spacial score (nSPS) is 11.2. The van der Waals surface area contributed by atoms with Crippen molar-refractivity contribution in [2.24, 2.45) is 0 Å². The van der Waals surface area contributed by atoms with Gasteiger partial charge in [-0.15, -0.1) is 0 Å². The predicted molar refractivity (Wildman–Crippen MR) is 111 cm³/mol. The van der Waals surface area contributed by atoms with E-state index in [1.165, 1.54) is 12.1 Å². The maximum Gasteiger partial charge on any atom is 0.248 e. The van der Waals surface area contributed by atoms with E-state index in [-0.39, 0.29) is 12.5 Å². The lowest BCUT2D eigenvalue weighted by Gasteiger charge is -2.08. The number of nitrogens with zero attached hydrogens (tertiary/aromatic N) is 2. The van der Waals surface area contributed by atoms with Crippen molar-refractivity contribution >= 4 is 40.9 Å². The summed E-state index contributed by atoms with van der Waals surface area (Å²) in [5.74, 6) is -0.706. The summed E-state index contributed by atoms with van der Waals surface area (Å²) >= 11 is 12.2. The zero-order valence-electron chi connectivity index (χ0n) is 15.3. The van der Waals surface area contributed by atoms with Crippen molar-refractivity contribution in [1.29, 1.82) is 0 Å². The molecule has 1 aromatic heterocycles. The Balaban J connectivity index is 1.78. The summed E-state index contributed by atoms with van der Waals surface area (Å²) in [5.41, 5.74) is 3.02. The molecule has 1 heterocycles. The number of rotatable bonds is 5. The van der Waals surface area contributed by atoms with Gasteiger partial charge < -0.3 is 5.32 Å². The van der Waals surface area contributed by atoms with Crippen LogP contribution in [0.25, 0.3) is 6.08 Å². The first-order valence-electron chi connectivity index (χ1n) is 8.57. The van der Waals surface area contributed by atoms with Gasteiger partial charge in [0.1, 0.15) is 5.82 Å². The second-order valence-electron chi connectivity index (χ2n) is 6.25. The molecule has 1 amide bonds. The average molecular weight is 418 g/mol. The van der Waals surface area contributed by atoms with E-state index < -0.39 is 5.82 Å². The molecule has 0 radical (unpaired) electrons. The minimum Gasteiger partial charge on any atom is -0.319 e. The van der Waals surface area contributed by atoms with Gasteiger partial charge in [0.15, 0.2) is 0 Å². The molecule has 0 atom stereocenters. The molecule has 0 aliphatic carbocycles. The summed E-state index contributed by atoms with van der Waals surface area (Å²) in [7, 11) is 0. The Morgan fingerprint density at radius 3 is 2.57 bits per heavy atom. The van der Waals surface area contributed by atoms with Crippen LogP contribution in [0.5, 0.6) is 0 Å². The van der Waals surface area contributed by atoms with Crippen LogP contribution in [0.2, 0.25) is 10.0 Å². The van der Waals surface area contributed by atoms with Gasteiger partial charge in [0.2, 0.25) is 5.91 Å². The van der Waals surface area contributed by atoms with Crippen LogP contribution in [-0.2, 0) is 11.3 Å². The summed E-state index contributed by atoms with van der Waals surface area (Å²) in [6.07, 6.45) is 3.05. The molecular weight excluding hydrogens is 400 g/mol. The van der Waals surface area contributed by atoms with E-state index in [2.05, 4.69) is 10.4 Å². The Labute approximate surface area is 172 Å². The molecule has 0 saturated heterocycles. The van der Waals surface area contributed by atoms with Crippen LogP contribution < -0.4 is 5.32 Å². The average Bonchev–Trinajstić information content (AvgIpc) is 2.91. The Kier molecular flexibility index (Phi) is 6.17. The fourth-order valence-electron chi connectivity index (χ4n) is 2.81. The standard InChI is InChI=1S/C21H18Cl2FN3O/c1-13-21(25-20(28)11-10-15-6-3-4-7-17(15)22)14(2)27(26-13)12-16-18(23)8-5-9-19(16)24/h3-11H,12H2,1-2H3,(H,25,28)/b11-10+. The number of hydrogen-bond acceptors (Lipinski definition) is 2. The van der Waals surface area contributed by atoms with Crippen molar-refractivity contribution < 1.29 is 9.18 Å². The van der Waals surface area contributed by atoms with Crippen LogP contribution in [0.15, 0.2) is 48.5 Å². The number of halogens is 3. The molecule has 0 saturated carbocycles. The zero-order valence-corrected chi connectivity index (χ0v) is 16.9. The number of amides is 1. The fraction of sp³-hybridized carbons (Fsp3) is 0.143. The molecule has 3 rings (SSSR count). The number of hydrogen-bond donors (Lipinski definition) is 1. The highest BCUT2D eigenvalue weighted by atomic mass is 35.5. The maximum absolute atomic E-state index is 14.1. The molecule has 144 valence electrons. The molecular formula is C21H18Cl2FN3O. The summed E-state index contributed by atoms with van der Waals surface area (Å²) in [6, 6.07) is 11.8. The Bertz CT molecular complexity index is 1040. The number of aryl methyl sites for hydroxylation is 1. The summed E-state index contributed by atoms with van der Waals surface area (Å²) < 4.78 is 15.7. The Morgan fingerprint density at radius 2 is 1.86 bits per heavy atom. The zero-order chi connectivity index (χ0) is 20.3. The van der Waals surface area contributed by atoms with Crippen LogP contribution in [0.3, 0.4) is 0 Å². The quantitative estimate of drug-likeness (QED) is 0.545. The molecule has 0 bridgehead atoms. The molecule has 2 aromatic carbocycles.